The summed E-state index contributed by atoms with van der Waals surface area (Å²) < 4.78 is 61.2. The number of pyridine rings is 1. The third-order valence-corrected chi connectivity index (χ3v) is 8.23. The first-order valence-electron chi connectivity index (χ1n) is 8.89. The van der Waals surface area contributed by atoms with E-state index >= 15 is 0 Å². The second-order valence-corrected chi connectivity index (χ2v) is 11.8. The van der Waals surface area contributed by atoms with Crippen molar-refractivity contribution in [2.45, 2.75) is 37.4 Å². The van der Waals surface area contributed by atoms with Gasteiger partial charge in [-0.15, -0.1) is 11.3 Å². The molecule has 0 atom stereocenters. The second kappa shape index (κ2) is 8.46. The minimum Gasteiger partial charge on any atom is -0.261 e. The highest BCUT2D eigenvalue weighted by atomic mass is 79.9. The molecule has 0 unspecified atom stereocenters. The molecule has 0 fully saturated rings. The van der Waals surface area contributed by atoms with E-state index in [1.165, 1.54) is 23.5 Å². The molecule has 4 nitrogen and oxygen atoms in total. The van der Waals surface area contributed by atoms with Gasteiger partial charge in [0.25, 0.3) is 9.84 Å². The maximum Gasteiger partial charge on any atom is 0.497 e. The highest BCUT2D eigenvalue weighted by molar-refractivity contribution is 9.10. The number of hydrogen-bond donors (Lipinski definition) is 0. The predicted octanol–water partition coefficient (Wildman–Crippen LogP) is 7.02. The van der Waals surface area contributed by atoms with Crippen LogP contribution in [0.25, 0.3) is 21.8 Å². The quantitative estimate of drug-likeness (QED) is 0.348. The largest absolute Gasteiger partial charge is 0.497 e. The van der Waals surface area contributed by atoms with Crippen LogP contribution in [0.2, 0.25) is 5.02 Å². The molecular formula is C20H17BrClF3N2O2S2. The monoisotopic (exact) mass is 552 g/mol. The van der Waals surface area contributed by atoms with Gasteiger partial charge in [0.15, 0.2) is 0 Å². The number of sulfone groups is 1. The van der Waals surface area contributed by atoms with E-state index in [-0.39, 0.29) is 20.5 Å². The molecule has 1 aromatic carbocycles. The summed E-state index contributed by atoms with van der Waals surface area (Å²) in [6.45, 7) is 6.18. The molecular weight excluding hydrogens is 537 g/mol. The maximum atomic E-state index is 12.7. The Morgan fingerprint density at radius 3 is 2.45 bits per heavy atom. The summed E-state index contributed by atoms with van der Waals surface area (Å²) in [7, 11) is -5.32. The lowest BCUT2D eigenvalue weighted by atomic mass is 9.91. The van der Waals surface area contributed by atoms with Crippen molar-refractivity contribution in [3.63, 3.8) is 0 Å². The molecule has 0 N–H and O–H groups in total. The van der Waals surface area contributed by atoms with E-state index < -0.39 is 21.1 Å². The van der Waals surface area contributed by atoms with Crippen molar-refractivity contribution in [2.24, 2.45) is 0 Å². The van der Waals surface area contributed by atoms with Crippen LogP contribution in [0.5, 0.6) is 0 Å². The molecule has 0 aliphatic carbocycles. The molecule has 0 amide bonds. The van der Waals surface area contributed by atoms with Gasteiger partial charge < -0.3 is 0 Å². The number of benzene rings is 1. The minimum atomic E-state index is -5.34. The third-order valence-electron chi connectivity index (χ3n) is 4.42. The fraction of sp³-hybridized carbons (Fsp3) is 0.300. The van der Waals surface area contributed by atoms with Crippen LogP contribution in [0.15, 0.2) is 40.3 Å². The number of alkyl halides is 3. The van der Waals surface area contributed by atoms with Crippen LogP contribution in [0.3, 0.4) is 0 Å². The van der Waals surface area contributed by atoms with Gasteiger partial charge in [0.2, 0.25) is 0 Å². The van der Waals surface area contributed by atoms with Gasteiger partial charge in [-0.25, -0.2) is 13.4 Å². The first-order chi connectivity index (χ1) is 14.2. The Morgan fingerprint density at radius 1 is 1.16 bits per heavy atom. The summed E-state index contributed by atoms with van der Waals surface area (Å²) in [5.74, 6) is -1.20. The van der Waals surface area contributed by atoms with Crippen LogP contribution in [0, 0.1) is 0 Å². The lowest BCUT2D eigenvalue weighted by Gasteiger charge is -2.17. The van der Waals surface area contributed by atoms with E-state index in [1.807, 2.05) is 12.1 Å². The average Bonchev–Trinajstić information content (AvgIpc) is 3.14. The van der Waals surface area contributed by atoms with Gasteiger partial charge in [-0.1, -0.05) is 44.5 Å². The van der Waals surface area contributed by atoms with Crippen LogP contribution in [-0.4, -0.2) is 23.9 Å². The molecule has 2 aromatic heterocycles. The summed E-state index contributed by atoms with van der Waals surface area (Å²) in [6.07, 6.45) is 1.72. The first-order valence-corrected chi connectivity index (χ1v) is 12.6. The molecule has 3 rings (SSSR count). The minimum absolute atomic E-state index is 0.0783. The molecule has 0 spiro atoms. The molecule has 31 heavy (non-hydrogen) atoms. The van der Waals surface area contributed by atoms with Gasteiger partial charge in [-0.3, -0.25) is 4.98 Å². The maximum absolute atomic E-state index is 12.7. The molecule has 0 aliphatic rings. The summed E-state index contributed by atoms with van der Waals surface area (Å²) in [5, 5.41) is 2.61. The van der Waals surface area contributed by atoms with Crippen LogP contribution >= 0.6 is 38.9 Å². The number of rotatable bonds is 4. The third kappa shape index (κ3) is 5.13. The van der Waals surface area contributed by atoms with Crippen molar-refractivity contribution in [1.29, 1.82) is 0 Å². The van der Waals surface area contributed by atoms with Crippen LogP contribution in [0.1, 0.15) is 32.0 Å². The molecule has 2 heterocycles. The highest BCUT2D eigenvalue weighted by Gasteiger charge is 2.45. The Bertz CT molecular complexity index is 1240. The fourth-order valence-corrected chi connectivity index (χ4v) is 5.27. The molecule has 0 bridgehead atoms. The van der Waals surface area contributed by atoms with Crippen LogP contribution < -0.4 is 0 Å². The number of hydrogen-bond acceptors (Lipinski definition) is 5. The van der Waals surface area contributed by atoms with E-state index in [0.29, 0.717) is 11.3 Å². The Morgan fingerprint density at radius 2 is 1.84 bits per heavy atom. The van der Waals surface area contributed by atoms with E-state index in [2.05, 4.69) is 46.7 Å². The molecule has 11 heteroatoms. The van der Waals surface area contributed by atoms with Crippen molar-refractivity contribution in [2.75, 3.05) is 0 Å². The highest BCUT2D eigenvalue weighted by Crippen LogP contribution is 2.40. The normalized spacial score (nSPS) is 12.9. The molecule has 166 valence electrons. The van der Waals surface area contributed by atoms with Crippen molar-refractivity contribution < 1.29 is 21.6 Å². The zero-order chi connectivity index (χ0) is 23.2. The van der Waals surface area contributed by atoms with Gasteiger partial charge in [-0.2, -0.15) is 13.2 Å². The average molecular weight is 554 g/mol. The Hall–Kier alpha value is -1.49. The van der Waals surface area contributed by atoms with Crippen LogP contribution in [0.4, 0.5) is 13.2 Å². The first kappa shape index (κ1) is 24.2. The summed E-state index contributed by atoms with van der Waals surface area (Å²) in [6, 6.07) is 6.59. The van der Waals surface area contributed by atoms with Crippen molar-refractivity contribution >= 4 is 48.7 Å². The zero-order valence-electron chi connectivity index (χ0n) is 16.6. The molecule has 3 aromatic rings. The number of nitrogens with zero attached hydrogens (tertiary/aromatic N) is 2. The topological polar surface area (TPSA) is 59.9 Å². The Kier molecular flexibility index (Phi) is 6.59. The van der Waals surface area contributed by atoms with Gasteiger partial charge in [0.05, 0.1) is 16.5 Å². The molecule has 0 aliphatic heterocycles. The second-order valence-electron chi connectivity index (χ2n) is 7.82. The Balaban J connectivity index is 1.96. The lowest BCUT2D eigenvalue weighted by molar-refractivity contribution is -0.0437. The van der Waals surface area contributed by atoms with E-state index in [4.69, 9.17) is 11.6 Å². The predicted molar refractivity (Wildman–Crippen MR) is 121 cm³/mol. The standard InChI is InChI=1S/C20H17BrClF3N2O2S2/c1-19(2,3)15-8-11(6-7-26-15)18-27-14(9-30-18)13-5-4-12(16(21)17(13)22)10-31(28,29)20(23,24)25/h4-9H,10H2,1-3H3. The Labute approximate surface area is 195 Å². The fourth-order valence-electron chi connectivity index (χ4n) is 2.69. The lowest BCUT2D eigenvalue weighted by Crippen LogP contribution is -2.24. The summed E-state index contributed by atoms with van der Waals surface area (Å²) in [5.41, 5.74) is -2.73. The SMILES string of the molecule is CC(C)(C)c1cc(-c2nc(-c3ccc(CS(=O)(=O)C(F)(F)F)c(Br)c3Cl)cs2)ccn1. The number of aromatic nitrogens is 2. The molecule has 0 radical (unpaired) electrons. The summed E-state index contributed by atoms with van der Waals surface area (Å²) >= 11 is 10.9. The van der Waals surface area contributed by atoms with Gasteiger partial charge >= 0.3 is 5.51 Å². The zero-order valence-corrected chi connectivity index (χ0v) is 20.6. The van der Waals surface area contributed by atoms with E-state index in [1.54, 1.807) is 11.6 Å². The van der Waals surface area contributed by atoms with Gasteiger partial charge in [0, 0.05) is 38.3 Å². The molecule has 0 saturated carbocycles. The number of thiazole rings is 1. The van der Waals surface area contributed by atoms with Crippen LogP contribution in [-0.2, 0) is 21.0 Å². The van der Waals surface area contributed by atoms with Crippen molar-refractivity contribution in [3.05, 3.63) is 56.6 Å². The van der Waals surface area contributed by atoms with Crippen molar-refractivity contribution in [1.82, 2.24) is 9.97 Å². The van der Waals surface area contributed by atoms with Gasteiger partial charge in [0.1, 0.15) is 5.01 Å². The van der Waals surface area contributed by atoms with E-state index in [0.717, 1.165) is 16.3 Å². The van der Waals surface area contributed by atoms with Gasteiger partial charge in [-0.05, 0) is 33.6 Å². The number of halogens is 5. The smallest absolute Gasteiger partial charge is 0.261 e. The molecule has 0 saturated heterocycles. The summed E-state index contributed by atoms with van der Waals surface area (Å²) in [4.78, 5) is 9.01. The van der Waals surface area contributed by atoms with Crippen molar-refractivity contribution in [3.8, 4) is 21.8 Å². The van der Waals surface area contributed by atoms with E-state index in [9.17, 15) is 21.6 Å².